The summed E-state index contributed by atoms with van der Waals surface area (Å²) in [6.45, 7) is 2.33. The lowest BCUT2D eigenvalue weighted by atomic mass is 9.90. The normalized spacial score (nSPS) is 43.1. The van der Waals surface area contributed by atoms with E-state index in [0.29, 0.717) is 0 Å². The van der Waals surface area contributed by atoms with Crippen LogP contribution in [0.3, 0.4) is 0 Å². The molecule has 0 aromatic heterocycles. The number of hydrogen-bond acceptors (Lipinski definition) is 2. The van der Waals surface area contributed by atoms with E-state index in [0.717, 1.165) is 30.5 Å². The quantitative estimate of drug-likeness (QED) is 0.739. The van der Waals surface area contributed by atoms with E-state index in [1.54, 1.807) is 0 Å². The number of piperidine rings is 1. The zero-order valence-corrected chi connectivity index (χ0v) is 8.99. The third kappa shape index (κ3) is 1.59. The van der Waals surface area contributed by atoms with Crippen LogP contribution in [0.2, 0.25) is 0 Å². The molecule has 2 heteroatoms. The summed E-state index contributed by atoms with van der Waals surface area (Å²) < 4.78 is 0. The smallest absolute Gasteiger partial charge is 0.0102 e. The van der Waals surface area contributed by atoms with E-state index in [4.69, 9.17) is 5.73 Å². The van der Waals surface area contributed by atoms with Crippen molar-refractivity contribution in [3.8, 4) is 0 Å². The van der Waals surface area contributed by atoms with E-state index < -0.39 is 0 Å². The third-order valence-corrected chi connectivity index (χ3v) is 4.48. The molecule has 1 saturated carbocycles. The fraction of sp³-hybridized carbons (Fsp3) is 1.00. The number of nitrogens with two attached hydrogens (primary N) is 1. The Hall–Kier alpha value is -0.0800. The second kappa shape index (κ2) is 3.49. The Morgan fingerprint density at radius 1 is 0.929 bits per heavy atom. The molecule has 80 valence electrons. The summed E-state index contributed by atoms with van der Waals surface area (Å²) in [5.41, 5.74) is 5.80. The van der Waals surface area contributed by atoms with Crippen molar-refractivity contribution in [1.82, 2.24) is 4.90 Å². The lowest BCUT2D eigenvalue weighted by Crippen LogP contribution is -2.45. The SMILES string of the molecule is NCC1CC2CCC(C1)N2CC1CC1. The second-order valence-electron chi connectivity index (χ2n) is 5.60. The van der Waals surface area contributed by atoms with Crippen molar-refractivity contribution < 1.29 is 0 Å². The zero-order chi connectivity index (χ0) is 9.54. The molecule has 2 saturated heterocycles. The molecular weight excluding hydrogens is 172 g/mol. The fourth-order valence-electron chi connectivity index (χ4n) is 3.48. The Labute approximate surface area is 86.8 Å². The van der Waals surface area contributed by atoms with Gasteiger partial charge in [-0.05, 0) is 56.9 Å². The zero-order valence-electron chi connectivity index (χ0n) is 8.99. The fourth-order valence-corrected chi connectivity index (χ4v) is 3.48. The molecule has 0 amide bonds. The standard InChI is InChI=1S/C12H22N2/c13-7-10-5-11-3-4-12(6-10)14(11)8-9-1-2-9/h9-12H,1-8,13H2. The largest absolute Gasteiger partial charge is 0.330 e. The lowest BCUT2D eigenvalue weighted by molar-refractivity contribution is 0.101. The first-order valence-corrected chi connectivity index (χ1v) is 6.32. The highest BCUT2D eigenvalue weighted by molar-refractivity contribution is 4.97. The highest BCUT2D eigenvalue weighted by atomic mass is 15.2. The summed E-state index contributed by atoms with van der Waals surface area (Å²) in [4.78, 5) is 2.82. The molecule has 0 aromatic carbocycles. The Morgan fingerprint density at radius 2 is 1.57 bits per heavy atom. The van der Waals surface area contributed by atoms with Crippen molar-refractivity contribution in [3.05, 3.63) is 0 Å². The van der Waals surface area contributed by atoms with E-state index in [1.807, 2.05) is 0 Å². The number of rotatable bonds is 3. The minimum atomic E-state index is 0.836. The van der Waals surface area contributed by atoms with E-state index in [1.165, 1.54) is 45.1 Å². The summed E-state index contributed by atoms with van der Waals surface area (Å²) in [6, 6.07) is 1.81. The van der Waals surface area contributed by atoms with Gasteiger partial charge in [-0.3, -0.25) is 4.90 Å². The van der Waals surface area contributed by atoms with Crippen molar-refractivity contribution in [2.75, 3.05) is 13.1 Å². The molecule has 2 aliphatic heterocycles. The maximum atomic E-state index is 5.80. The van der Waals surface area contributed by atoms with Gasteiger partial charge in [0.05, 0.1) is 0 Å². The Balaban J connectivity index is 1.64. The Bertz CT molecular complexity index is 198. The van der Waals surface area contributed by atoms with Crippen molar-refractivity contribution in [2.24, 2.45) is 17.6 Å². The molecule has 14 heavy (non-hydrogen) atoms. The second-order valence-corrected chi connectivity index (χ2v) is 5.60. The number of nitrogens with zero attached hydrogens (tertiary/aromatic N) is 1. The van der Waals surface area contributed by atoms with Gasteiger partial charge >= 0.3 is 0 Å². The number of fused-ring (bicyclic) bond motifs is 2. The van der Waals surface area contributed by atoms with Gasteiger partial charge in [0, 0.05) is 18.6 Å². The molecule has 3 rings (SSSR count). The van der Waals surface area contributed by atoms with Crippen LogP contribution in [0, 0.1) is 11.8 Å². The van der Waals surface area contributed by atoms with E-state index >= 15 is 0 Å². The first-order chi connectivity index (χ1) is 6.86. The third-order valence-electron chi connectivity index (χ3n) is 4.48. The van der Waals surface area contributed by atoms with Crippen LogP contribution in [0.25, 0.3) is 0 Å². The van der Waals surface area contributed by atoms with Gasteiger partial charge in [0.15, 0.2) is 0 Å². The minimum absolute atomic E-state index is 0.836. The first-order valence-electron chi connectivity index (χ1n) is 6.32. The monoisotopic (exact) mass is 194 g/mol. The van der Waals surface area contributed by atoms with Gasteiger partial charge in [-0.2, -0.15) is 0 Å². The Morgan fingerprint density at radius 3 is 2.07 bits per heavy atom. The maximum Gasteiger partial charge on any atom is 0.0102 e. The molecule has 2 nitrogen and oxygen atoms in total. The lowest BCUT2D eigenvalue weighted by Gasteiger charge is -2.38. The van der Waals surface area contributed by atoms with E-state index in [2.05, 4.69) is 4.90 Å². The Kier molecular flexibility index (Phi) is 2.29. The first kappa shape index (κ1) is 9.17. The molecule has 2 heterocycles. The predicted octanol–water partition coefficient (Wildman–Crippen LogP) is 1.60. The molecule has 3 aliphatic rings. The molecule has 0 spiro atoms. The molecular formula is C12H22N2. The topological polar surface area (TPSA) is 29.3 Å². The van der Waals surface area contributed by atoms with Crippen LogP contribution in [-0.4, -0.2) is 30.1 Å². The van der Waals surface area contributed by atoms with Gasteiger partial charge in [0.2, 0.25) is 0 Å². The predicted molar refractivity (Wildman–Crippen MR) is 58.0 cm³/mol. The molecule has 0 aromatic rings. The van der Waals surface area contributed by atoms with Crippen molar-refractivity contribution >= 4 is 0 Å². The van der Waals surface area contributed by atoms with Gasteiger partial charge < -0.3 is 5.73 Å². The van der Waals surface area contributed by atoms with Gasteiger partial charge in [-0.15, -0.1) is 0 Å². The summed E-state index contributed by atoms with van der Waals surface area (Å²) in [6.07, 6.45) is 8.67. The molecule has 1 aliphatic carbocycles. The van der Waals surface area contributed by atoms with Crippen LogP contribution < -0.4 is 5.73 Å². The van der Waals surface area contributed by atoms with E-state index in [9.17, 15) is 0 Å². The van der Waals surface area contributed by atoms with Crippen molar-refractivity contribution in [3.63, 3.8) is 0 Å². The molecule has 2 bridgehead atoms. The van der Waals surface area contributed by atoms with Gasteiger partial charge in [-0.1, -0.05) is 0 Å². The van der Waals surface area contributed by atoms with Crippen LogP contribution in [0.4, 0.5) is 0 Å². The molecule has 2 atom stereocenters. The summed E-state index contributed by atoms with van der Waals surface area (Å²) in [5.74, 6) is 1.90. The van der Waals surface area contributed by atoms with Crippen LogP contribution >= 0.6 is 0 Å². The van der Waals surface area contributed by atoms with E-state index in [-0.39, 0.29) is 0 Å². The van der Waals surface area contributed by atoms with Crippen molar-refractivity contribution in [1.29, 1.82) is 0 Å². The van der Waals surface area contributed by atoms with Gasteiger partial charge in [0.25, 0.3) is 0 Å². The molecule has 2 N–H and O–H groups in total. The van der Waals surface area contributed by atoms with Crippen LogP contribution in [0.15, 0.2) is 0 Å². The highest BCUT2D eigenvalue weighted by Gasteiger charge is 2.41. The van der Waals surface area contributed by atoms with Crippen LogP contribution in [-0.2, 0) is 0 Å². The van der Waals surface area contributed by atoms with Crippen molar-refractivity contribution in [2.45, 2.75) is 50.6 Å². The summed E-state index contributed by atoms with van der Waals surface area (Å²) in [5, 5.41) is 0. The average molecular weight is 194 g/mol. The minimum Gasteiger partial charge on any atom is -0.330 e. The van der Waals surface area contributed by atoms with Gasteiger partial charge in [-0.25, -0.2) is 0 Å². The summed E-state index contributed by atoms with van der Waals surface area (Å²) in [7, 11) is 0. The molecule has 0 radical (unpaired) electrons. The highest BCUT2D eigenvalue weighted by Crippen LogP contribution is 2.41. The van der Waals surface area contributed by atoms with Crippen LogP contribution in [0.1, 0.15) is 38.5 Å². The summed E-state index contributed by atoms with van der Waals surface area (Å²) >= 11 is 0. The number of hydrogen-bond donors (Lipinski definition) is 1. The van der Waals surface area contributed by atoms with Gasteiger partial charge in [0.1, 0.15) is 0 Å². The van der Waals surface area contributed by atoms with Crippen LogP contribution in [0.5, 0.6) is 0 Å². The maximum absolute atomic E-state index is 5.80. The molecule has 3 fully saturated rings. The average Bonchev–Trinajstić information content (AvgIpc) is 2.95. The molecule has 2 unspecified atom stereocenters.